The first kappa shape index (κ1) is 20.8. The molecule has 1 N–H and O–H groups in total. The number of hydrogen-bond donors (Lipinski definition) is 1. The van der Waals surface area contributed by atoms with Crippen molar-refractivity contribution in [3.05, 3.63) is 54.1 Å². The molecule has 27 heavy (non-hydrogen) atoms. The Balaban J connectivity index is 2.43. The topological polar surface area (TPSA) is 75.7 Å². The quantitative estimate of drug-likeness (QED) is 0.751. The van der Waals surface area contributed by atoms with Crippen LogP contribution in [0.5, 0.6) is 5.75 Å². The number of nitrogens with one attached hydrogen (secondary N) is 1. The summed E-state index contributed by atoms with van der Waals surface area (Å²) in [5.74, 6) is 0.261. The van der Waals surface area contributed by atoms with Gasteiger partial charge in [-0.2, -0.15) is 0 Å². The van der Waals surface area contributed by atoms with Gasteiger partial charge >= 0.3 is 0 Å². The Bertz CT molecular complexity index is 882. The first-order chi connectivity index (χ1) is 12.8. The van der Waals surface area contributed by atoms with Crippen LogP contribution in [0.4, 0.5) is 5.69 Å². The van der Waals surface area contributed by atoms with Crippen molar-refractivity contribution in [3.8, 4) is 5.75 Å². The largest absolute Gasteiger partial charge is 0.496 e. The molecule has 2 rings (SSSR count). The van der Waals surface area contributed by atoms with E-state index < -0.39 is 10.0 Å². The summed E-state index contributed by atoms with van der Waals surface area (Å²) in [5.41, 5.74) is 1.14. The Kier molecular flexibility index (Phi) is 6.85. The van der Waals surface area contributed by atoms with E-state index in [-0.39, 0.29) is 23.4 Å². The lowest BCUT2D eigenvalue weighted by Crippen LogP contribution is -2.43. The molecular formula is C20H26N2O4S. The second-order valence-corrected chi connectivity index (χ2v) is 8.22. The Labute approximate surface area is 161 Å². The van der Waals surface area contributed by atoms with Crippen LogP contribution < -0.4 is 14.4 Å². The molecule has 146 valence electrons. The number of rotatable bonds is 8. The van der Waals surface area contributed by atoms with Gasteiger partial charge in [0.15, 0.2) is 0 Å². The van der Waals surface area contributed by atoms with E-state index in [1.54, 1.807) is 49.4 Å². The highest BCUT2D eigenvalue weighted by molar-refractivity contribution is 7.92. The number of carbonyl (C=O) groups is 1. The molecule has 0 saturated heterocycles. The Morgan fingerprint density at radius 3 is 2.41 bits per heavy atom. The van der Waals surface area contributed by atoms with Gasteiger partial charge in [0.05, 0.1) is 17.7 Å². The van der Waals surface area contributed by atoms with Gasteiger partial charge < -0.3 is 10.1 Å². The summed E-state index contributed by atoms with van der Waals surface area (Å²) in [6.45, 7) is 5.32. The summed E-state index contributed by atoms with van der Waals surface area (Å²) in [6, 6.07) is 13.2. The minimum absolute atomic E-state index is 0.0268. The van der Waals surface area contributed by atoms with E-state index in [0.717, 1.165) is 10.7 Å². The highest BCUT2D eigenvalue weighted by atomic mass is 32.2. The van der Waals surface area contributed by atoms with E-state index in [1.165, 1.54) is 13.2 Å². The van der Waals surface area contributed by atoms with Crippen LogP contribution in [-0.2, 0) is 14.8 Å². The number of anilines is 1. The van der Waals surface area contributed by atoms with Gasteiger partial charge in [0.1, 0.15) is 12.3 Å². The fourth-order valence-electron chi connectivity index (χ4n) is 2.60. The number of carbonyl (C=O) groups excluding carboxylic acids is 1. The van der Waals surface area contributed by atoms with Gasteiger partial charge in [0, 0.05) is 6.04 Å². The molecule has 7 heteroatoms. The predicted octanol–water partition coefficient (Wildman–Crippen LogP) is 3.11. The average molecular weight is 391 g/mol. The van der Waals surface area contributed by atoms with Gasteiger partial charge in [0.2, 0.25) is 5.91 Å². The van der Waals surface area contributed by atoms with Crippen molar-refractivity contribution in [3.63, 3.8) is 0 Å². The van der Waals surface area contributed by atoms with E-state index >= 15 is 0 Å². The molecule has 0 radical (unpaired) electrons. The zero-order valence-electron chi connectivity index (χ0n) is 16.1. The van der Waals surface area contributed by atoms with Crippen molar-refractivity contribution in [1.82, 2.24) is 5.32 Å². The molecule has 0 fully saturated rings. The zero-order valence-corrected chi connectivity index (χ0v) is 16.9. The monoisotopic (exact) mass is 390 g/mol. The number of nitrogens with zero attached hydrogens (tertiary/aromatic N) is 1. The van der Waals surface area contributed by atoms with Crippen LogP contribution in [0.1, 0.15) is 25.8 Å². The predicted molar refractivity (Wildman–Crippen MR) is 107 cm³/mol. The first-order valence-corrected chi connectivity index (χ1v) is 10.3. The third kappa shape index (κ3) is 5.01. The van der Waals surface area contributed by atoms with Crippen LogP contribution >= 0.6 is 0 Å². The van der Waals surface area contributed by atoms with Crippen molar-refractivity contribution in [1.29, 1.82) is 0 Å². The molecule has 2 aromatic rings. The van der Waals surface area contributed by atoms with Crippen LogP contribution in [0, 0.1) is 6.92 Å². The van der Waals surface area contributed by atoms with Crippen LogP contribution in [0.2, 0.25) is 0 Å². The van der Waals surface area contributed by atoms with Gasteiger partial charge in [-0.05, 0) is 56.2 Å². The van der Waals surface area contributed by atoms with Crippen molar-refractivity contribution >= 4 is 21.6 Å². The maximum absolute atomic E-state index is 13.3. The van der Waals surface area contributed by atoms with Crippen molar-refractivity contribution in [2.24, 2.45) is 0 Å². The van der Waals surface area contributed by atoms with E-state index in [9.17, 15) is 13.2 Å². The van der Waals surface area contributed by atoms with Crippen LogP contribution in [0.15, 0.2) is 53.4 Å². The maximum Gasteiger partial charge on any atom is 0.264 e. The Hall–Kier alpha value is -2.54. The summed E-state index contributed by atoms with van der Waals surface area (Å²) in [6.07, 6.45) is 0.765. The highest BCUT2D eigenvalue weighted by Gasteiger charge is 2.28. The molecule has 1 unspecified atom stereocenters. The Morgan fingerprint density at radius 1 is 1.19 bits per heavy atom. The number of methoxy groups -OCH3 is 1. The lowest BCUT2D eigenvalue weighted by atomic mass is 10.2. The third-order valence-electron chi connectivity index (χ3n) is 4.31. The van der Waals surface area contributed by atoms with Crippen molar-refractivity contribution in [2.45, 2.75) is 38.1 Å². The summed E-state index contributed by atoms with van der Waals surface area (Å²) in [4.78, 5) is 12.5. The second kappa shape index (κ2) is 8.90. The maximum atomic E-state index is 13.3. The van der Waals surface area contributed by atoms with Crippen LogP contribution in [-0.4, -0.2) is 34.0 Å². The molecule has 2 aromatic carbocycles. The summed E-state index contributed by atoms with van der Waals surface area (Å²) >= 11 is 0. The van der Waals surface area contributed by atoms with E-state index in [4.69, 9.17) is 4.74 Å². The molecule has 6 nitrogen and oxygen atoms in total. The van der Waals surface area contributed by atoms with Crippen LogP contribution in [0.25, 0.3) is 0 Å². The minimum Gasteiger partial charge on any atom is -0.496 e. The first-order valence-electron chi connectivity index (χ1n) is 8.81. The van der Waals surface area contributed by atoms with Gasteiger partial charge in [0.25, 0.3) is 10.0 Å². The summed E-state index contributed by atoms with van der Waals surface area (Å²) < 4.78 is 32.9. The molecule has 0 saturated carbocycles. The molecule has 0 aliphatic heterocycles. The number of aryl methyl sites for hydroxylation is 1. The number of amides is 1. The van der Waals surface area contributed by atoms with E-state index in [2.05, 4.69) is 5.32 Å². The van der Waals surface area contributed by atoms with Gasteiger partial charge in [-0.25, -0.2) is 8.42 Å². The molecule has 0 bridgehead atoms. The number of benzene rings is 2. The van der Waals surface area contributed by atoms with E-state index in [1.807, 2.05) is 13.8 Å². The lowest BCUT2D eigenvalue weighted by Gasteiger charge is -2.25. The van der Waals surface area contributed by atoms with Crippen molar-refractivity contribution in [2.75, 3.05) is 18.0 Å². The van der Waals surface area contributed by atoms with Gasteiger partial charge in [-0.1, -0.05) is 25.1 Å². The molecule has 0 aromatic heterocycles. The smallest absolute Gasteiger partial charge is 0.264 e. The third-order valence-corrected chi connectivity index (χ3v) is 6.08. The molecular weight excluding hydrogens is 364 g/mol. The zero-order chi connectivity index (χ0) is 20.0. The molecule has 0 spiro atoms. The standard InChI is InChI=1S/C20H26N2O4S/c1-5-16(3)21-20(23)14-22(17-9-7-6-8-10-17)27(24,25)18-11-12-19(26-4)15(2)13-18/h6-13,16H,5,14H2,1-4H3,(H,21,23). The molecule has 1 amide bonds. The number of hydrogen-bond acceptors (Lipinski definition) is 4. The van der Waals surface area contributed by atoms with E-state index in [0.29, 0.717) is 17.0 Å². The SMILES string of the molecule is CCC(C)NC(=O)CN(c1ccccc1)S(=O)(=O)c1ccc(OC)c(C)c1. The van der Waals surface area contributed by atoms with Gasteiger partial charge in [-0.3, -0.25) is 9.10 Å². The normalized spacial score (nSPS) is 12.3. The Morgan fingerprint density at radius 2 is 1.85 bits per heavy atom. The fraction of sp³-hybridized carbons (Fsp3) is 0.350. The van der Waals surface area contributed by atoms with Crippen molar-refractivity contribution < 1.29 is 17.9 Å². The highest BCUT2D eigenvalue weighted by Crippen LogP contribution is 2.27. The summed E-state index contributed by atoms with van der Waals surface area (Å²) in [7, 11) is -2.39. The molecule has 1 atom stereocenters. The molecule has 0 heterocycles. The molecule has 0 aliphatic rings. The number of para-hydroxylation sites is 1. The van der Waals surface area contributed by atoms with Gasteiger partial charge in [-0.15, -0.1) is 0 Å². The average Bonchev–Trinajstić information content (AvgIpc) is 2.66. The number of ether oxygens (including phenoxy) is 1. The second-order valence-electron chi connectivity index (χ2n) is 6.36. The fourth-order valence-corrected chi connectivity index (χ4v) is 4.11. The number of sulfonamides is 1. The molecule has 0 aliphatic carbocycles. The minimum atomic E-state index is -3.92. The lowest BCUT2D eigenvalue weighted by molar-refractivity contribution is -0.120. The van der Waals surface area contributed by atoms with Crippen LogP contribution in [0.3, 0.4) is 0 Å². The summed E-state index contributed by atoms with van der Waals surface area (Å²) in [5, 5.41) is 2.82.